The fourth-order valence-electron chi connectivity index (χ4n) is 2.58. The molecule has 1 aliphatic rings. The summed E-state index contributed by atoms with van der Waals surface area (Å²) in [5, 5.41) is 11.4. The van der Waals surface area contributed by atoms with E-state index in [0.29, 0.717) is 19.4 Å². The Morgan fingerprint density at radius 3 is 2.82 bits per heavy atom. The maximum absolute atomic E-state index is 11.9. The van der Waals surface area contributed by atoms with Crippen LogP contribution in [0.1, 0.15) is 43.2 Å². The van der Waals surface area contributed by atoms with Gasteiger partial charge in [-0.25, -0.2) is 0 Å². The second-order valence-electron chi connectivity index (χ2n) is 5.63. The third kappa shape index (κ3) is 5.39. The fraction of sp³-hybridized carbons (Fsp3) is 0.529. The van der Waals surface area contributed by atoms with Gasteiger partial charge in [0.15, 0.2) is 0 Å². The van der Waals surface area contributed by atoms with Gasteiger partial charge in [-0.2, -0.15) is 0 Å². The number of hydrogen-bond donors (Lipinski definition) is 2. The molecule has 0 unspecified atom stereocenters. The molecule has 1 heterocycles. The molecule has 0 atom stereocenters. The second kappa shape index (κ2) is 8.41. The summed E-state index contributed by atoms with van der Waals surface area (Å²) in [6.45, 7) is 1.38. The highest BCUT2D eigenvalue weighted by Crippen LogP contribution is 2.25. The number of unbranched alkanes of at least 4 members (excludes halogenated alkanes) is 3. The van der Waals surface area contributed by atoms with Crippen LogP contribution in [0.25, 0.3) is 0 Å². The molecule has 1 aliphatic heterocycles. The van der Waals surface area contributed by atoms with E-state index in [2.05, 4.69) is 5.32 Å². The van der Waals surface area contributed by atoms with E-state index in [9.17, 15) is 9.59 Å². The van der Waals surface area contributed by atoms with Gasteiger partial charge in [-0.05, 0) is 30.0 Å². The molecule has 0 saturated carbocycles. The lowest BCUT2D eigenvalue weighted by Gasteiger charge is -2.06. The molecule has 2 rings (SSSR count). The zero-order valence-corrected chi connectivity index (χ0v) is 12.8. The van der Waals surface area contributed by atoms with Crippen molar-refractivity contribution in [2.45, 2.75) is 44.9 Å². The molecule has 5 heteroatoms. The van der Waals surface area contributed by atoms with Crippen LogP contribution < -0.4 is 10.1 Å². The highest BCUT2D eigenvalue weighted by Gasteiger charge is 2.13. The lowest BCUT2D eigenvalue weighted by Crippen LogP contribution is -2.26. The van der Waals surface area contributed by atoms with E-state index < -0.39 is 5.97 Å². The normalized spacial score (nSPS) is 12.5. The Kier molecular flexibility index (Phi) is 6.25. The molecule has 0 bridgehead atoms. The van der Waals surface area contributed by atoms with Crippen LogP contribution in [-0.4, -0.2) is 30.1 Å². The predicted molar refractivity (Wildman–Crippen MR) is 83.1 cm³/mol. The Morgan fingerprint density at radius 1 is 1.18 bits per heavy atom. The third-order valence-corrected chi connectivity index (χ3v) is 3.76. The molecular formula is C17H23NO4. The zero-order chi connectivity index (χ0) is 15.8. The summed E-state index contributed by atoms with van der Waals surface area (Å²) >= 11 is 0. The molecule has 0 radical (unpaired) electrons. The quantitative estimate of drug-likeness (QED) is 0.687. The van der Waals surface area contributed by atoms with E-state index in [-0.39, 0.29) is 12.3 Å². The first-order valence-electron chi connectivity index (χ1n) is 7.88. The molecule has 1 aromatic carbocycles. The summed E-state index contributed by atoms with van der Waals surface area (Å²) in [6.07, 6.45) is 4.99. The van der Waals surface area contributed by atoms with Crippen molar-refractivity contribution in [1.29, 1.82) is 0 Å². The van der Waals surface area contributed by atoms with Crippen LogP contribution in [0.15, 0.2) is 18.2 Å². The average Bonchev–Trinajstić information content (AvgIpc) is 2.93. The SMILES string of the molecule is O=C(O)CCCCCCNC(=O)Cc1ccc2c(c1)CCO2. The number of benzene rings is 1. The van der Waals surface area contributed by atoms with Crippen molar-refractivity contribution in [3.63, 3.8) is 0 Å². The van der Waals surface area contributed by atoms with Gasteiger partial charge in [-0.1, -0.05) is 25.0 Å². The van der Waals surface area contributed by atoms with E-state index in [1.807, 2.05) is 18.2 Å². The van der Waals surface area contributed by atoms with Crippen LogP contribution in [0.4, 0.5) is 0 Å². The van der Waals surface area contributed by atoms with E-state index in [1.54, 1.807) is 0 Å². The number of carboxylic acids is 1. The number of aliphatic carboxylic acids is 1. The van der Waals surface area contributed by atoms with Gasteiger partial charge in [-0.15, -0.1) is 0 Å². The van der Waals surface area contributed by atoms with Crippen LogP contribution in [0.3, 0.4) is 0 Å². The maximum atomic E-state index is 11.9. The van der Waals surface area contributed by atoms with Gasteiger partial charge in [-0.3, -0.25) is 9.59 Å². The Morgan fingerprint density at radius 2 is 2.00 bits per heavy atom. The van der Waals surface area contributed by atoms with E-state index >= 15 is 0 Å². The standard InChI is InChI=1S/C17H23NO4/c19-16(18-9-4-2-1-3-5-17(20)21)12-13-6-7-15-14(11-13)8-10-22-15/h6-7,11H,1-5,8-10,12H2,(H,18,19)(H,20,21). The Labute approximate surface area is 130 Å². The van der Waals surface area contributed by atoms with Gasteiger partial charge in [0.2, 0.25) is 5.91 Å². The molecule has 120 valence electrons. The summed E-state index contributed by atoms with van der Waals surface area (Å²) in [7, 11) is 0. The topological polar surface area (TPSA) is 75.6 Å². The minimum absolute atomic E-state index is 0.0319. The molecule has 0 fully saturated rings. The van der Waals surface area contributed by atoms with Gasteiger partial charge in [0.1, 0.15) is 5.75 Å². The van der Waals surface area contributed by atoms with E-state index in [1.165, 1.54) is 5.56 Å². The first-order valence-corrected chi connectivity index (χ1v) is 7.88. The van der Waals surface area contributed by atoms with Crippen LogP contribution in [0.5, 0.6) is 5.75 Å². The zero-order valence-electron chi connectivity index (χ0n) is 12.8. The van der Waals surface area contributed by atoms with Crippen LogP contribution in [0.2, 0.25) is 0 Å². The molecule has 0 aliphatic carbocycles. The monoisotopic (exact) mass is 305 g/mol. The fourth-order valence-corrected chi connectivity index (χ4v) is 2.58. The van der Waals surface area contributed by atoms with Crippen molar-refractivity contribution in [2.24, 2.45) is 0 Å². The average molecular weight is 305 g/mol. The maximum Gasteiger partial charge on any atom is 0.303 e. The molecule has 0 spiro atoms. The van der Waals surface area contributed by atoms with Gasteiger partial charge < -0.3 is 15.2 Å². The molecule has 1 amide bonds. The van der Waals surface area contributed by atoms with Crippen molar-refractivity contribution < 1.29 is 19.4 Å². The summed E-state index contributed by atoms with van der Waals surface area (Å²) < 4.78 is 5.45. The molecular weight excluding hydrogens is 282 g/mol. The molecule has 22 heavy (non-hydrogen) atoms. The third-order valence-electron chi connectivity index (χ3n) is 3.76. The van der Waals surface area contributed by atoms with Crippen molar-refractivity contribution in [3.05, 3.63) is 29.3 Å². The van der Waals surface area contributed by atoms with Crippen LogP contribution in [-0.2, 0) is 22.4 Å². The van der Waals surface area contributed by atoms with Crippen molar-refractivity contribution in [1.82, 2.24) is 5.32 Å². The number of amides is 1. The molecule has 0 saturated heterocycles. The first kappa shape index (κ1) is 16.3. The van der Waals surface area contributed by atoms with Gasteiger partial charge >= 0.3 is 5.97 Å². The lowest BCUT2D eigenvalue weighted by atomic mass is 10.1. The second-order valence-corrected chi connectivity index (χ2v) is 5.63. The summed E-state index contributed by atoms with van der Waals surface area (Å²) in [5.41, 5.74) is 2.20. The minimum Gasteiger partial charge on any atom is -0.493 e. The molecule has 5 nitrogen and oxygen atoms in total. The van der Waals surface area contributed by atoms with E-state index in [0.717, 1.165) is 43.6 Å². The largest absolute Gasteiger partial charge is 0.493 e. The van der Waals surface area contributed by atoms with Crippen molar-refractivity contribution in [2.75, 3.05) is 13.2 Å². The number of carbonyl (C=O) groups is 2. The minimum atomic E-state index is -0.743. The highest BCUT2D eigenvalue weighted by molar-refractivity contribution is 5.78. The first-order chi connectivity index (χ1) is 10.6. The Balaban J connectivity index is 1.59. The summed E-state index contributed by atoms with van der Waals surface area (Å²) in [5.74, 6) is 0.225. The number of carbonyl (C=O) groups excluding carboxylic acids is 1. The van der Waals surface area contributed by atoms with Crippen LogP contribution >= 0.6 is 0 Å². The number of nitrogens with one attached hydrogen (secondary N) is 1. The molecule has 1 aromatic rings. The smallest absolute Gasteiger partial charge is 0.303 e. The summed E-state index contributed by atoms with van der Waals surface area (Å²) in [6, 6.07) is 5.93. The van der Waals surface area contributed by atoms with Crippen LogP contribution in [0, 0.1) is 0 Å². The molecule has 0 aromatic heterocycles. The van der Waals surface area contributed by atoms with Gasteiger partial charge in [0.25, 0.3) is 0 Å². The Hall–Kier alpha value is -2.04. The number of ether oxygens (including phenoxy) is 1. The highest BCUT2D eigenvalue weighted by atomic mass is 16.5. The van der Waals surface area contributed by atoms with Gasteiger partial charge in [0.05, 0.1) is 13.0 Å². The number of rotatable bonds is 9. The van der Waals surface area contributed by atoms with Crippen molar-refractivity contribution in [3.8, 4) is 5.75 Å². The van der Waals surface area contributed by atoms with E-state index in [4.69, 9.17) is 9.84 Å². The van der Waals surface area contributed by atoms with Crippen molar-refractivity contribution >= 4 is 11.9 Å². The summed E-state index contributed by atoms with van der Waals surface area (Å²) in [4.78, 5) is 22.2. The Bertz CT molecular complexity index is 527. The predicted octanol–water partition coefficient (Wildman–Crippen LogP) is 2.32. The number of fused-ring (bicyclic) bond motifs is 1. The van der Waals surface area contributed by atoms with Gasteiger partial charge in [0, 0.05) is 19.4 Å². The number of hydrogen-bond acceptors (Lipinski definition) is 3. The number of carboxylic acid groups (broad SMARTS) is 1. The lowest BCUT2D eigenvalue weighted by molar-refractivity contribution is -0.137. The molecule has 2 N–H and O–H groups in total.